The van der Waals surface area contributed by atoms with Gasteiger partial charge in [0.2, 0.25) is 11.8 Å². The molecule has 4 atom stereocenters. The van der Waals surface area contributed by atoms with Crippen molar-refractivity contribution >= 4 is 11.8 Å². The van der Waals surface area contributed by atoms with Crippen LogP contribution in [0.3, 0.4) is 0 Å². The van der Waals surface area contributed by atoms with Crippen LogP contribution in [0, 0.1) is 0 Å². The summed E-state index contributed by atoms with van der Waals surface area (Å²) in [4.78, 5) is 28.7. The van der Waals surface area contributed by atoms with E-state index in [4.69, 9.17) is 4.74 Å². The Morgan fingerprint density at radius 3 is 2.69 bits per heavy atom. The average Bonchev–Trinajstić information content (AvgIpc) is 3.27. The summed E-state index contributed by atoms with van der Waals surface area (Å²) in [6.07, 6.45) is 10.0. The first-order chi connectivity index (χ1) is 17.1. The number of carbonyl (C=O) groups is 2. The number of unbranched alkanes of at least 4 members (excludes halogenated alkanes) is 2. The molecule has 0 unspecified atom stereocenters. The molecule has 1 aromatic rings. The fraction of sp³-hybridized carbons (Fsp3) is 0.571. The van der Waals surface area contributed by atoms with Crippen LogP contribution in [0.5, 0.6) is 5.75 Å². The summed E-state index contributed by atoms with van der Waals surface area (Å²) in [5.41, 5.74) is 1.35. The number of aliphatic hydroxyl groups excluding tert-OH is 2. The largest absolute Gasteiger partial charge is 0.486 e. The van der Waals surface area contributed by atoms with Crippen molar-refractivity contribution < 1.29 is 24.5 Å². The van der Waals surface area contributed by atoms with Crippen LogP contribution in [0.4, 0.5) is 0 Å². The van der Waals surface area contributed by atoms with Gasteiger partial charge in [0.05, 0.1) is 18.6 Å². The number of nitrogens with zero attached hydrogens (tertiary/aromatic N) is 1. The molecule has 2 amide bonds. The number of benzene rings is 1. The standard InChI is InChI=1S/C28H38N2O5/c1-2-3-4-8-15-24(32)30(19-11-6-5-7-12-19)22-18-21(28(34)29-16-17-31)25-20-13-9-10-14-23(20)35-27(25)26(22)33/h2,9-10,13-14,18-19,22,25-27,31,33H,1,3-8,11-12,15-17H2,(H,29,34)/t22-,25+,26+,27+/m1/s1. The van der Waals surface area contributed by atoms with E-state index < -0.39 is 24.2 Å². The van der Waals surface area contributed by atoms with Gasteiger partial charge in [-0.05, 0) is 44.2 Å². The minimum Gasteiger partial charge on any atom is -0.486 e. The maximum Gasteiger partial charge on any atom is 0.247 e. The summed E-state index contributed by atoms with van der Waals surface area (Å²) in [6, 6.07) is 6.93. The molecule has 1 saturated carbocycles. The summed E-state index contributed by atoms with van der Waals surface area (Å²) in [6.45, 7) is 3.73. The molecule has 0 radical (unpaired) electrons. The predicted molar refractivity (Wildman–Crippen MR) is 134 cm³/mol. The van der Waals surface area contributed by atoms with Crippen LogP contribution in [0.2, 0.25) is 0 Å². The predicted octanol–water partition coefficient (Wildman–Crippen LogP) is 3.22. The first-order valence-corrected chi connectivity index (χ1v) is 13.0. The molecule has 1 aliphatic heterocycles. The lowest BCUT2D eigenvalue weighted by Gasteiger charge is -2.45. The Hall–Kier alpha value is -2.64. The molecule has 4 rings (SSSR count). The van der Waals surface area contributed by atoms with Gasteiger partial charge < -0.3 is 25.2 Å². The summed E-state index contributed by atoms with van der Waals surface area (Å²) in [7, 11) is 0. The molecule has 7 heteroatoms. The molecular formula is C28H38N2O5. The third kappa shape index (κ3) is 5.46. The van der Waals surface area contributed by atoms with Crippen molar-refractivity contribution in [2.75, 3.05) is 13.2 Å². The molecule has 1 fully saturated rings. The molecule has 3 N–H and O–H groups in total. The van der Waals surface area contributed by atoms with Gasteiger partial charge in [0.15, 0.2) is 0 Å². The smallest absolute Gasteiger partial charge is 0.247 e. The second kappa shape index (κ2) is 11.9. The number of fused-ring (bicyclic) bond motifs is 3. The van der Waals surface area contributed by atoms with Gasteiger partial charge in [0.25, 0.3) is 0 Å². The Morgan fingerprint density at radius 1 is 1.17 bits per heavy atom. The zero-order chi connectivity index (χ0) is 24.8. The highest BCUT2D eigenvalue weighted by Gasteiger charge is 2.51. The van der Waals surface area contributed by atoms with E-state index in [9.17, 15) is 19.8 Å². The highest BCUT2D eigenvalue weighted by Crippen LogP contribution is 2.47. The quantitative estimate of drug-likeness (QED) is 0.351. The molecule has 2 aliphatic carbocycles. The van der Waals surface area contributed by atoms with Crippen molar-refractivity contribution in [1.82, 2.24) is 10.2 Å². The van der Waals surface area contributed by atoms with Crippen molar-refractivity contribution in [2.45, 2.75) is 88.0 Å². The van der Waals surface area contributed by atoms with Crippen molar-refractivity contribution in [3.8, 4) is 5.75 Å². The molecule has 1 heterocycles. The first-order valence-electron chi connectivity index (χ1n) is 13.0. The molecule has 0 saturated heterocycles. The molecule has 7 nitrogen and oxygen atoms in total. The van der Waals surface area contributed by atoms with E-state index in [-0.39, 0.29) is 31.0 Å². The molecule has 190 valence electrons. The molecule has 0 spiro atoms. The highest BCUT2D eigenvalue weighted by atomic mass is 16.5. The molecule has 0 aromatic heterocycles. The number of rotatable bonds is 10. The van der Waals surface area contributed by atoms with E-state index in [0.717, 1.165) is 56.9 Å². The molecular weight excluding hydrogens is 444 g/mol. The second-order valence-corrected chi connectivity index (χ2v) is 9.81. The lowest BCUT2D eigenvalue weighted by molar-refractivity contribution is -0.141. The van der Waals surface area contributed by atoms with Crippen molar-refractivity contribution in [3.05, 3.63) is 54.1 Å². The number of aliphatic hydroxyl groups is 2. The summed E-state index contributed by atoms with van der Waals surface area (Å²) in [5.74, 6) is -0.0475. The SMILES string of the molecule is C=CCCCCC(=O)N(C1CCCCC1)[C@@H]1C=C(C(=O)NCCO)[C@@H]2c3ccccc3O[C@@H]2[C@H]1O. The van der Waals surface area contributed by atoms with Gasteiger partial charge in [0.1, 0.15) is 18.0 Å². The third-order valence-electron chi connectivity index (χ3n) is 7.50. The van der Waals surface area contributed by atoms with Crippen molar-refractivity contribution in [3.63, 3.8) is 0 Å². The molecule has 35 heavy (non-hydrogen) atoms. The fourth-order valence-electron chi connectivity index (χ4n) is 5.83. The van der Waals surface area contributed by atoms with Crippen LogP contribution in [0.25, 0.3) is 0 Å². The maximum atomic E-state index is 13.6. The second-order valence-electron chi connectivity index (χ2n) is 9.81. The Balaban J connectivity index is 1.69. The number of amides is 2. The van der Waals surface area contributed by atoms with E-state index in [0.29, 0.717) is 17.7 Å². The number of para-hydroxylation sites is 1. The Bertz CT molecular complexity index is 939. The first kappa shape index (κ1) is 25.5. The van der Waals surface area contributed by atoms with Gasteiger partial charge in [-0.25, -0.2) is 0 Å². The van der Waals surface area contributed by atoms with Crippen LogP contribution in [-0.4, -0.2) is 64.4 Å². The fourth-order valence-corrected chi connectivity index (χ4v) is 5.83. The van der Waals surface area contributed by atoms with Crippen LogP contribution >= 0.6 is 0 Å². The van der Waals surface area contributed by atoms with Gasteiger partial charge in [-0.15, -0.1) is 6.58 Å². The van der Waals surface area contributed by atoms with E-state index in [2.05, 4.69) is 11.9 Å². The summed E-state index contributed by atoms with van der Waals surface area (Å²) < 4.78 is 6.20. The third-order valence-corrected chi connectivity index (χ3v) is 7.50. The lowest BCUT2D eigenvalue weighted by Crippen LogP contribution is -2.58. The lowest BCUT2D eigenvalue weighted by atomic mass is 9.76. The monoisotopic (exact) mass is 482 g/mol. The molecule has 0 bridgehead atoms. The van der Waals surface area contributed by atoms with Crippen LogP contribution in [0.15, 0.2) is 48.6 Å². The minimum atomic E-state index is -0.958. The number of carbonyl (C=O) groups excluding carboxylic acids is 2. The van der Waals surface area contributed by atoms with Gasteiger partial charge >= 0.3 is 0 Å². The Labute approximate surface area is 207 Å². The van der Waals surface area contributed by atoms with Crippen LogP contribution in [-0.2, 0) is 9.59 Å². The van der Waals surface area contributed by atoms with E-state index in [1.165, 1.54) is 0 Å². The van der Waals surface area contributed by atoms with Gasteiger partial charge in [-0.1, -0.05) is 43.5 Å². The van der Waals surface area contributed by atoms with Crippen molar-refractivity contribution in [2.24, 2.45) is 0 Å². The highest BCUT2D eigenvalue weighted by molar-refractivity contribution is 5.96. The average molecular weight is 483 g/mol. The van der Waals surface area contributed by atoms with E-state index in [1.54, 1.807) is 6.08 Å². The zero-order valence-corrected chi connectivity index (χ0v) is 20.4. The Morgan fingerprint density at radius 2 is 1.94 bits per heavy atom. The minimum absolute atomic E-state index is 0.0188. The van der Waals surface area contributed by atoms with E-state index in [1.807, 2.05) is 35.2 Å². The topological polar surface area (TPSA) is 99.1 Å². The molecule has 1 aromatic carbocycles. The normalized spacial score (nSPS) is 25.6. The number of nitrogens with one attached hydrogen (secondary N) is 1. The zero-order valence-electron chi connectivity index (χ0n) is 20.4. The number of ether oxygens (including phenoxy) is 1. The number of allylic oxidation sites excluding steroid dienone is 1. The number of hydrogen-bond acceptors (Lipinski definition) is 5. The van der Waals surface area contributed by atoms with Crippen LogP contribution in [0.1, 0.15) is 69.3 Å². The maximum absolute atomic E-state index is 13.6. The van der Waals surface area contributed by atoms with E-state index >= 15 is 0 Å². The summed E-state index contributed by atoms with van der Waals surface area (Å²) in [5, 5.41) is 23.6. The number of hydrogen-bond donors (Lipinski definition) is 3. The van der Waals surface area contributed by atoms with Gasteiger partial charge in [-0.3, -0.25) is 9.59 Å². The summed E-state index contributed by atoms with van der Waals surface area (Å²) >= 11 is 0. The van der Waals surface area contributed by atoms with Gasteiger partial charge in [0, 0.05) is 30.1 Å². The Kier molecular flexibility index (Phi) is 8.63. The molecule has 3 aliphatic rings. The van der Waals surface area contributed by atoms with Crippen molar-refractivity contribution in [1.29, 1.82) is 0 Å². The van der Waals surface area contributed by atoms with Gasteiger partial charge in [-0.2, -0.15) is 0 Å². The van der Waals surface area contributed by atoms with Crippen LogP contribution < -0.4 is 10.1 Å².